The van der Waals surface area contributed by atoms with Crippen LogP contribution in [-0.2, 0) is 13.6 Å². The number of nitrogens with zero attached hydrogens (tertiary/aromatic N) is 4. The Hall–Kier alpha value is -0.940. The second-order valence-electron chi connectivity index (χ2n) is 5.86. The van der Waals surface area contributed by atoms with Crippen molar-refractivity contribution in [3.63, 3.8) is 0 Å². The van der Waals surface area contributed by atoms with Crippen LogP contribution in [0.15, 0.2) is 6.33 Å². The average Bonchev–Trinajstić information content (AvgIpc) is 2.91. The molecule has 5 nitrogen and oxygen atoms in total. The molecule has 0 aliphatic carbocycles. The van der Waals surface area contributed by atoms with Crippen molar-refractivity contribution in [1.82, 2.24) is 25.0 Å². The molecule has 2 saturated heterocycles. The van der Waals surface area contributed by atoms with E-state index >= 15 is 0 Å². The molecule has 3 heterocycles. The van der Waals surface area contributed by atoms with Gasteiger partial charge >= 0.3 is 0 Å². The minimum absolute atomic E-state index is 0.264. The Morgan fingerprint density at radius 3 is 2.94 bits per heavy atom. The highest BCUT2D eigenvalue weighted by Crippen LogP contribution is 2.40. The van der Waals surface area contributed by atoms with Crippen molar-refractivity contribution < 1.29 is 0 Å². The predicted molar refractivity (Wildman–Crippen MR) is 65.3 cm³/mol. The number of fused-ring (bicyclic) bond motifs is 1. The maximum Gasteiger partial charge on any atom is 0.140 e. The fraction of sp³-hybridized carbons (Fsp3) is 0.833. The summed E-state index contributed by atoms with van der Waals surface area (Å²) in [5.41, 5.74) is 0.264. The Bertz CT molecular complexity index is 411. The van der Waals surface area contributed by atoms with Gasteiger partial charge in [0.2, 0.25) is 0 Å². The molecule has 0 radical (unpaired) electrons. The van der Waals surface area contributed by atoms with E-state index in [4.69, 9.17) is 0 Å². The summed E-state index contributed by atoms with van der Waals surface area (Å²) in [5.74, 6) is 2.64. The molecule has 2 atom stereocenters. The van der Waals surface area contributed by atoms with Gasteiger partial charge in [0, 0.05) is 25.7 Å². The highest BCUT2D eigenvalue weighted by atomic mass is 15.3. The van der Waals surface area contributed by atoms with Crippen molar-refractivity contribution in [2.45, 2.75) is 25.9 Å². The number of likely N-dealkylation sites (tertiary alicyclic amines) is 1. The van der Waals surface area contributed by atoms with Gasteiger partial charge in [-0.2, -0.15) is 5.10 Å². The van der Waals surface area contributed by atoms with Crippen LogP contribution < -0.4 is 5.32 Å². The molecule has 2 unspecified atom stereocenters. The predicted octanol–water partition coefficient (Wildman–Crippen LogP) is 0.245. The van der Waals surface area contributed by atoms with E-state index in [0.29, 0.717) is 0 Å². The van der Waals surface area contributed by atoms with Gasteiger partial charge in [0.05, 0.1) is 6.54 Å². The molecule has 94 valence electrons. The van der Waals surface area contributed by atoms with Crippen molar-refractivity contribution >= 4 is 0 Å². The van der Waals surface area contributed by atoms with E-state index in [2.05, 4.69) is 34.1 Å². The molecule has 1 N–H and O–H groups in total. The Morgan fingerprint density at radius 1 is 1.47 bits per heavy atom. The first kappa shape index (κ1) is 11.2. The van der Waals surface area contributed by atoms with E-state index in [1.165, 1.54) is 13.1 Å². The molecule has 2 aliphatic heterocycles. The lowest BCUT2D eigenvalue weighted by molar-refractivity contribution is 0.127. The van der Waals surface area contributed by atoms with Crippen molar-refractivity contribution in [2.24, 2.45) is 18.9 Å². The van der Waals surface area contributed by atoms with Crippen molar-refractivity contribution in [3.8, 4) is 0 Å². The maximum atomic E-state index is 4.33. The van der Waals surface area contributed by atoms with Crippen molar-refractivity contribution in [1.29, 1.82) is 0 Å². The zero-order valence-electron chi connectivity index (χ0n) is 10.8. The lowest BCUT2D eigenvalue weighted by Crippen LogP contribution is -2.44. The van der Waals surface area contributed by atoms with E-state index in [1.807, 2.05) is 11.7 Å². The first-order valence-electron chi connectivity index (χ1n) is 6.37. The first-order valence-corrected chi connectivity index (χ1v) is 6.37. The third kappa shape index (κ3) is 1.68. The van der Waals surface area contributed by atoms with E-state index in [0.717, 1.165) is 30.7 Å². The Kier molecular flexibility index (Phi) is 2.48. The van der Waals surface area contributed by atoms with Crippen LogP contribution in [0.25, 0.3) is 0 Å². The molecule has 2 aliphatic rings. The number of aromatic nitrogens is 3. The van der Waals surface area contributed by atoms with Crippen LogP contribution >= 0.6 is 0 Å². The molecule has 1 aromatic rings. The Morgan fingerprint density at radius 2 is 2.29 bits per heavy atom. The largest absolute Gasteiger partial charge is 0.316 e. The summed E-state index contributed by atoms with van der Waals surface area (Å²) in [4.78, 5) is 6.90. The molecule has 17 heavy (non-hydrogen) atoms. The molecule has 1 aromatic heterocycles. The van der Waals surface area contributed by atoms with Gasteiger partial charge in [0.25, 0.3) is 0 Å². The number of hydrogen-bond donors (Lipinski definition) is 1. The third-order valence-corrected chi connectivity index (χ3v) is 4.65. The van der Waals surface area contributed by atoms with Gasteiger partial charge in [-0.1, -0.05) is 0 Å². The minimum Gasteiger partial charge on any atom is -0.316 e. The van der Waals surface area contributed by atoms with Gasteiger partial charge < -0.3 is 5.32 Å². The summed E-state index contributed by atoms with van der Waals surface area (Å²) in [7, 11) is 1.97. The van der Waals surface area contributed by atoms with Gasteiger partial charge in [0.1, 0.15) is 12.2 Å². The van der Waals surface area contributed by atoms with Crippen molar-refractivity contribution in [2.75, 3.05) is 19.6 Å². The standard InChI is InChI=1S/C12H21N5/c1-12(2)10-5-13-4-9(10)6-17(12)7-11-14-8-15-16(11)3/h8-10,13H,4-7H2,1-3H3. The minimum atomic E-state index is 0.264. The van der Waals surface area contributed by atoms with Gasteiger partial charge in [0.15, 0.2) is 0 Å². The van der Waals surface area contributed by atoms with Crippen LogP contribution in [0.4, 0.5) is 0 Å². The zero-order valence-corrected chi connectivity index (χ0v) is 10.8. The monoisotopic (exact) mass is 235 g/mol. The zero-order chi connectivity index (χ0) is 12.0. The third-order valence-electron chi connectivity index (χ3n) is 4.65. The Labute approximate surface area is 102 Å². The molecular weight excluding hydrogens is 214 g/mol. The highest BCUT2D eigenvalue weighted by Gasteiger charge is 2.49. The summed E-state index contributed by atoms with van der Waals surface area (Å²) < 4.78 is 1.88. The summed E-state index contributed by atoms with van der Waals surface area (Å²) in [5, 5.41) is 7.66. The highest BCUT2D eigenvalue weighted by molar-refractivity contribution is 5.05. The van der Waals surface area contributed by atoms with Crippen molar-refractivity contribution in [3.05, 3.63) is 12.2 Å². The first-order chi connectivity index (χ1) is 8.09. The fourth-order valence-corrected chi connectivity index (χ4v) is 3.41. The Balaban J connectivity index is 1.79. The molecule has 0 amide bonds. The van der Waals surface area contributed by atoms with Crippen LogP contribution in [0.1, 0.15) is 19.7 Å². The summed E-state index contributed by atoms with van der Waals surface area (Å²) in [6, 6.07) is 0. The lowest BCUT2D eigenvalue weighted by Gasteiger charge is -2.35. The molecule has 0 spiro atoms. The smallest absolute Gasteiger partial charge is 0.140 e. The van der Waals surface area contributed by atoms with E-state index < -0.39 is 0 Å². The molecule has 0 aromatic carbocycles. The summed E-state index contributed by atoms with van der Waals surface area (Å²) in [6.07, 6.45) is 1.64. The number of rotatable bonds is 2. The number of hydrogen-bond acceptors (Lipinski definition) is 4. The lowest BCUT2D eigenvalue weighted by atomic mass is 9.85. The van der Waals surface area contributed by atoms with Crippen LogP contribution in [-0.4, -0.2) is 44.8 Å². The molecule has 3 rings (SSSR count). The molecule has 0 bridgehead atoms. The normalized spacial score (nSPS) is 31.9. The SMILES string of the molecule is Cn1ncnc1CN1CC2CNCC2C1(C)C. The number of aryl methyl sites for hydroxylation is 1. The number of nitrogens with one attached hydrogen (secondary N) is 1. The second-order valence-corrected chi connectivity index (χ2v) is 5.86. The summed E-state index contributed by atoms with van der Waals surface area (Å²) >= 11 is 0. The second kappa shape index (κ2) is 3.78. The molecular formula is C12H21N5. The fourth-order valence-electron chi connectivity index (χ4n) is 3.41. The quantitative estimate of drug-likeness (QED) is 0.798. The topological polar surface area (TPSA) is 46.0 Å². The average molecular weight is 235 g/mol. The van der Waals surface area contributed by atoms with Crippen LogP contribution in [0.2, 0.25) is 0 Å². The molecule has 0 saturated carbocycles. The van der Waals surface area contributed by atoms with Crippen LogP contribution in [0.3, 0.4) is 0 Å². The van der Waals surface area contributed by atoms with Gasteiger partial charge in [-0.05, 0) is 32.2 Å². The molecule has 2 fully saturated rings. The summed E-state index contributed by atoms with van der Waals surface area (Å²) in [6.45, 7) is 9.15. The van der Waals surface area contributed by atoms with Gasteiger partial charge in [-0.25, -0.2) is 4.98 Å². The molecule has 5 heteroatoms. The maximum absolute atomic E-state index is 4.33. The van der Waals surface area contributed by atoms with E-state index in [-0.39, 0.29) is 5.54 Å². The van der Waals surface area contributed by atoms with E-state index in [1.54, 1.807) is 6.33 Å². The van der Waals surface area contributed by atoms with Gasteiger partial charge in [-0.15, -0.1) is 0 Å². The van der Waals surface area contributed by atoms with Crippen LogP contribution in [0.5, 0.6) is 0 Å². The van der Waals surface area contributed by atoms with E-state index in [9.17, 15) is 0 Å². The van der Waals surface area contributed by atoms with Crippen LogP contribution in [0, 0.1) is 11.8 Å². The van der Waals surface area contributed by atoms with Gasteiger partial charge in [-0.3, -0.25) is 9.58 Å².